The molecule has 252 valence electrons. The number of aliphatic carboxylic acids is 1. The van der Waals surface area contributed by atoms with E-state index in [0.717, 1.165) is 5.56 Å². The van der Waals surface area contributed by atoms with Gasteiger partial charge in [0, 0.05) is 36.0 Å². The molecule has 46 heavy (non-hydrogen) atoms. The summed E-state index contributed by atoms with van der Waals surface area (Å²) in [4.78, 5) is 37.0. The summed E-state index contributed by atoms with van der Waals surface area (Å²) in [5, 5.41) is 19.1. The van der Waals surface area contributed by atoms with Gasteiger partial charge in [-0.15, -0.1) is 0 Å². The van der Waals surface area contributed by atoms with Gasteiger partial charge >= 0.3 is 12.1 Å². The van der Waals surface area contributed by atoms with Gasteiger partial charge in [0.05, 0.1) is 11.5 Å². The first-order chi connectivity index (χ1) is 21.3. The molecule has 9 atom stereocenters. The zero-order valence-electron chi connectivity index (χ0n) is 25.0. The maximum atomic E-state index is 17.5. The highest BCUT2D eigenvalue weighted by molar-refractivity contribution is 8.13. The summed E-state index contributed by atoms with van der Waals surface area (Å²) in [6.07, 6.45) is -3.88. The number of rotatable bonds is 4. The van der Waals surface area contributed by atoms with Crippen molar-refractivity contribution in [3.8, 4) is 0 Å². The number of aliphatic hydroxyl groups is 1. The molecule has 4 fully saturated rings. The van der Waals surface area contributed by atoms with Crippen molar-refractivity contribution < 1.29 is 50.9 Å². The van der Waals surface area contributed by atoms with Crippen molar-refractivity contribution >= 4 is 40.2 Å². The van der Waals surface area contributed by atoms with E-state index in [-0.39, 0.29) is 41.1 Å². The molecule has 0 bridgehead atoms. The number of hydrogen-bond donors (Lipinski definition) is 2. The van der Waals surface area contributed by atoms with Crippen LogP contribution in [0.1, 0.15) is 38.7 Å². The number of benzene rings is 1. The monoisotopic (exact) mass is 693 g/mol. The number of allylic oxidation sites excluding steroid dienone is 4. The molecule has 1 aromatic carbocycles. The lowest BCUT2D eigenvalue weighted by Gasteiger charge is -2.63. The number of alkyl halides is 6. The Morgan fingerprint density at radius 1 is 1.17 bits per heavy atom. The highest BCUT2D eigenvalue weighted by atomic mass is 35.5. The van der Waals surface area contributed by atoms with Gasteiger partial charge < -0.3 is 10.2 Å². The molecule has 1 heterocycles. The van der Waals surface area contributed by atoms with Crippen molar-refractivity contribution in [3.05, 3.63) is 58.7 Å². The van der Waals surface area contributed by atoms with E-state index >= 15 is 8.78 Å². The minimum Gasteiger partial charge on any atom is -0.475 e. The van der Waals surface area contributed by atoms with E-state index in [2.05, 4.69) is 4.90 Å². The molecule has 1 aromatic rings. The first-order valence-electron chi connectivity index (χ1n) is 14.8. The largest absolute Gasteiger partial charge is 0.490 e. The third-order valence-electron chi connectivity index (χ3n) is 11.3. The number of halogens is 7. The zero-order valence-corrected chi connectivity index (χ0v) is 26.6. The van der Waals surface area contributed by atoms with Crippen molar-refractivity contribution in [2.24, 2.45) is 34.0 Å². The van der Waals surface area contributed by atoms with Crippen LogP contribution in [0.5, 0.6) is 0 Å². The van der Waals surface area contributed by atoms with Crippen LogP contribution in [-0.4, -0.2) is 75.2 Å². The van der Waals surface area contributed by atoms with Crippen molar-refractivity contribution in [2.75, 3.05) is 19.1 Å². The average Bonchev–Trinajstić information content (AvgIpc) is 3.43. The molecule has 6 nitrogen and oxygen atoms in total. The molecule has 0 amide bonds. The van der Waals surface area contributed by atoms with Crippen molar-refractivity contribution in [2.45, 2.75) is 63.8 Å². The highest BCUT2D eigenvalue weighted by Gasteiger charge is 2.78. The number of fused-ring (bicyclic) bond motifs is 7. The third kappa shape index (κ3) is 5.24. The molecule has 3 saturated carbocycles. The molecule has 5 aliphatic rings. The first kappa shape index (κ1) is 35.0. The van der Waals surface area contributed by atoms with Gasteiger partial charge in [0.1, 0.15) is 12.2 Å². The second-order valence-electron chi connectivity index (χ2n) is 13.4. The van der Waals surface area contributed by atoms with Crippen molar-refractivity contribution in [3.63, 3.8) is 0 Å². The summed E-state index contributed by atoms with van der Waals surface area (Å²) in [6, 6.07) is 6.65. The average molecular weight is 694 g/mol. The second kappa shape index (κ2) is 12.0. The molecule has 1 aliphatic heterocycles. The predicted molar refractivity (Wildman–Crippen MR) is 159 cm³/mol. The van der Waals surface area contributed by atoms with Crippen LogP contribution in [0.15, 0.2) is 48.1 Å². The number of hydrogen-bond acceptors (Lipinski definition) is 6. The summed E-state index contributed by atoms with van der Waals surface area (Å²) in [6.45, 7) is 4.99. The number of nitrogens with zero attached hydrogens (tertiary/aromatic N) is 1. The smallest absolute Gasteiger partial charge is 0.475 e. The van der Waals surface area contributed by atoms with Gasteiger partial charge in [-0.25, -0.2) is 18.0 Å². The number of ketones is 1. The fourth-order valence-electron chi connectivity index (χ4n) is 9.40. The van der Waals surface area contributed by atoms with E-state index in [1.165, 1.54) is 18.2 Å². The van der Waals surface area contributed by atoms with E-state index in [0.29, 0.717) is 42.8 Å². The van der Waals surface area contributed by atoms with Gasteiger partial charge in [-0.1, -0.05) is 48.5 Å². The van der Waals surface area contributed by atoms with Crippen LogP contribution in [-0.2, 0) is 20.9 Å². The quantitative estimate of drug-likeness (QED) is 0.348. The SMILES string of the molecule is C[C@]12C=CC(=O)C=C1[C@@H](F)C[C@H]1[C@@H]3C[C@H]4CN(Cc5cccc(Cl)c5)C[C@@]4(C(=O)SCF)[C@@]3(C)C[C@H](O)[C@@]12F.O=C(O)C(F)(F)F. The molecule has 0 radical (unpaired) electrons. The molecule has 4 aliphatic carbocycles. The van der Waals surface area contributed by atoms with Crippen LogP contribution in [0.2, 0.25) is 5.02 Å². The lowest BCUT2D eigenvalue weighted by Crippen LogP contribution is -2.69. The maximum absolute atomic E-state index is 17.5. The van der Waals surface area contributed by atoms with Crippen molar-refractivity contribution in [1.82, 2.24) is 4.90 Å². The van der Waals surface area contributed by atoms with Crippen LogP contribution >= 0.6 is 23.4 Å². The van der Waals surface area contributed by atoms with Crippen LogP contribution in [0.25, 0.3) is 0 Å². The van der Waals surface area contributed by atoms with Gasteiger partial charge in [-0.3, -0.25) is 14.5 Å². The minimum absolute atomic E-state index is 0.00632. The Labute approximate surface area is 271 Å². The zero-order chi connectivity index (χ0) is 34.0. The first-order valence-corrected chi connectivity index (χ1v) is 16.2. The van der Waals surface area contributed by atoms with Gasteiger partial charge in [-0.05, 0) is 78.9 Å². The van der Waals surface area contributed by atoms with E-state index in [1.807, 2.05) is 25.1 Å². The number of thioether (sulfide) groups is 1. The Balaban J connectivity index is 0.000000537. The van der Waals surface area contributed by atoms with Gasteiger partial charge in [0.2, 0.25) is 0 Å². The fourth-order valence-corrected chi connectivity index (χ4v) is 10.4. The fraction of sp³-hybridized carbons (Fsp3) is 0.594. The molecule has 2 N–H and O–H groups in total. The molecule has 0 unspecified atom stereocenters. The number of aliphatic hydroxyl groups excluding tert-OH is 1. The van der Waals surface area contributed by atoms with Crippen molar-refractivity contribution in [1.29, 1.82) is 0 Å². The number of likely N-dealkylation sites (tertiary alicyclic amines) is 1. The van der Waals surface area contributed by atoms with Crippen LogP contribution in [0, 0.1) is 34.0 Å². The van der Waals surface area contributed by atoms with Crippen LogP contribution in [0.4, 0.5) is 26.3 Å². The Hall–Kier alpha value is -2.35. The Kier molecular flexibility index (Phi) is 9.09. The number of carboxylic acids is 1. The number of carbonyl (C=O) groups is 3. The summed E-state index contributed by atoms with van der Waals surface area (Å²) in [5.41, 5.74) is -4.44. The lowest BCUT2D eigenvalue weighted by molar-refractivity contribution is -0.210. The molecule has 0 spiro atoms. The second-order valence-corrected chi connectivity index (χ2v) is 14.7. The van der Waals surface area contributed by atoms with E-state index in [1.54, 1.807) is 13.0 Å². The summed E-state index contributed by atoms with van der Waals surface area (Å²) in [5.74, 6) is -4.55. The molecule has 1 saturated heterocycles. The van der Waals surface area contributed by atoms with Gasteiger partial charge in [0.15, 0.2) is 16.6 Å². The normalized spacial score (nSPS) is 39.7. The molecule has 6 rings (SSSR count). The molecular weight excluding hydrogens is 660 g/mol. The third-order valence-corrected chi connectivity index (χ3v) is 12.3. The topological polar surface area (TPSA) is 94.9 Å². The Morgan fingerprint density at radius 2 is 1.85 bits per heavy atom. The predicted octanol–water partition coefficient (Wildman–Crippen LogP) is 6.51. The Morgan fingerprint density at radius 3 is 2.46 bits per heavy atom. The molecule has 14 heteroatoms. The van der Waals surface area contributed by atoms with Crippen LogP contribution < -0.4 is 0 Å². The van der Waals surface area contributed by atoms with Gasteiger partial charge in [0.25, 0.3) is 0 Å². The van der Waals surface area contributed by atoms with E-state index in [4.69, 9.17) is 21.5 Å². The van der Waals surface area contributed by atoms with Gasteiger partial charge in [-0.2, -0.15) is 13.2 Å². The van der Waals surface area contributed by atoms with E-state index in [9.17, 15) is 32.3 Å². The summed E-state index contributed by atoms with van der Waals surface area (Å²) >= 11 is 6.84. The minimum atomic E-state index is -5.08. The number of carboxylic acid groups (broad SMARTS) is 1. The lowest BCUT2D eigenvalue weighted by atomic mass is 9.43. The summed E-state index contributed by atoms with van der Waals surface area (Å²) < 4.78 is 78.6. The maximum Gasteiger partial charge on any atom is 0.490 e. The molecule has 0 aromatic heterocycles. The van der Waals surface area contributed by atoms with Crippen LogP contribution in [0.3, 0.4) is 0 Å². The molecular formula is C32H34ClF6NO5S. The van der Waals surface area contributed by atoms with E-state index < -0.39 is 58.3 Å². The Bertz CT molecular complexity index is 1490. The summed E-state index contributed by atoms with van der Waals surface area (Å²) in [7, 11) is 0. The highest BCUT2D eigenvalue weighted by Crippen LogP contribution is 2.75. The standard InChI is InChI=1S/C30H33ClF3NO3S.C2HF3O2/c1-27-7-6-20(36)10-23(27)24(33)11-22-21-9-18-14-35(13-17-4-3-5-19(31)8-17)15-29(18,26(38)39-16-32)28(21,2)12-25(37)30(22,27)34;3-2(4,5)1(6)7/h3-8,10,18,21-22,24-25,37H,9,11-16H2,1-2H3;(H,6,7)/t18-,21-,22-,24-,25-,27-,28-,29+,30-;/m0./s1. The number of carbonyl (C=O) groups excluding carboxylic acids is 2.